The minimum absolute atomic E-state index is 0.0885. The van der Waals surface area contributed by atoms with Crippen molar-refractivity contribution in [3.63, 3.8) is 0 Å². The Morgan fingerprint density at radius 1 is 0.700 bits per heavy atom. The number of hydrogen-bond acceptors (Lipinski definition) is 0. The van der Waals surface area contributed by atoms with Crippen LogP contribution in [0.1, 0.15) is 11.1 Å². The lowest BCUT2D eigenvalue weighted by molar-refractivity contribution is 0.628. The Morgan fingerprint density at radius 2 is 1.05 bits per heavy atom. The van der Waals surface area contributed by atoms with E-state index in [4.69, 9.17) is 0 Å². The van der Waals surface area contributed by atoms with Gasteiger partial charge in [0.1, 0.15) is 11.6 Å². The molecule has 2 aromatic carbocycles. The summed E-state index contributed by atoms with van der Waals surface area (Å²) in [6.45, 7) is 8.37. The molecule has 0 radical (unpaired) electrons. The second kappa shape index (κ2) is 7.88. The molecule has 0 fully saturated rings. The molecular formula is C16H22B2F2-2. The molecule has 0 saturated heterocycles. The van der Waals surface area contributed by atoms with Crippen LogP contribution in [0.4, 0.5) is 8.78 Å². The van der Waals surface area contributed by atoms with E-state index in [2.05, 4.69) is 13.6 Å². The molecule has 0 spiro atoms. The lowest BCUT2D eigenvalue weighted by Gasteiger charge is -2.06. The van der Waals surface area contributed by atoms with Crippen LogP contribution in [0.15, 0.2) is 36.4 Å². The molecule has 0 saturated carbocycles. The van der Waals surface area contributed by atoms with E-state index >= 15 is 0 Å². The molecule has 0 bridgehead atoms. The minimum Gasteiger partial charge on any atom is -0.212 e. The summed E-state index contributed by atoms with van der Waals surface area (Å²) in [7, 11) is -0.177. The first-order valence-corrected chi connectivity index (χ1v) is 7.85. The van der Waals surface area contributed by atoms with E-state index in [1.165, 1.54) is 34.2 Å². The van der Waals surface area contributed by atoms with Gasteiger partial charge in [0.15, 0.2) is 0 Å². The van der Waals surface area contributed by atoms with Gasteiger partial charge in [-0.1, -0.05) is 35.4 Å². The van der Waals surface area contributed by atoms with Crippen LogP contribution in [0.2, 0.25) is 13.6 Å². The highest BCUT2D eigenvalue weighted by Crippen LogP contribution is 1.98. The molecule has 108 valence electrons. The van der Waals surface area contributed by atoms with Crippen molar-refractivity contribution in [1.82, 2.24) is 0 Å². The van der Waals surface area contributed by atoms with Gasteiger partial charge < -0.3 is 0 Å². The summed E-state index contributed by atoms with van der Waals surface area (Å²) in [5.74, 6) is -0.211. The van der Waals surface area contributed by atoms with Crippen LogP contribution in [0.3, 0.4) is 0 Å². The number of rotatable bonds is 2. The molecule has 0 nitrogen and oxygen atoms in total. The van der Waals surface area contributed by atoms with Gasteiger partial charge in [0.25, 0.3) is 0 Å². The summed E-state index contributed by atoms with van der Waals surface area (Å²) in [6, 6.07) is 10.0. The van der Waals surface area contributed by atoms with Crippen molar-refractivity contribution in [2.75, 3.05) is 0 Å². The van der Waals surface area contributed by atoms with E-state index in [0.717, 1.165) is 0 Å². The quantitative estimate of drug-likeness (QED) is 0.734. The number of halogens is 2. The van der Waals surface area contributed by atoms with Crippen LogP contribution in [0.25, 0.3) is 0 Å². The smallest absolute Gasteiger partial charge is 0.120 e. The SMILES string of the molecule is C[BH2-]c1cc(F)ccc1C.C[BH2-]c1cc(F)ccc1C. The maximum absolute atomic E-state index is 12.6. The summed E-state index contributed by atoms with van der Waals surface area (Å²) in [6.07, 6.45) is 0. The molecule has 4 heteroatoms. The van der Waals surface area contributed by atoms with Crippen LogP contribution in [-0.2, 0) is 0 Å². The first kappa shape index (κ1) is 16.5. The number of hydrogen-bond donors (Lipinski definition) is 0. The number of aryl methyl sites for hydroxylation is 2. The molecular weight excluding hydrogens is 252 g/mol. The van der Waals surface area contributed by atoms with Crippen molar-refractivity contribution in [2.45, 2.75) is 27.5 Å². The molecule has 0 unspecified atom stereocenters. The predicted octanol–water partition coefficient (Wildman–Crippen LogP) is 1.95. The van der Waals surface area contributed by atoms with Crippen LogP contribution in [0.5, 0.6) is 0 Å². The van der Waals surface area contributed by atoms with Gasteiger partial charge in [0.2, 0.25) is 0 Å². The fourth-order valence-electron chi connectivity index (χ4n) is 2.49. The lowest BCUT2D eigenvalue weighted by Crippen LogP contribution is -2.14. The molecule has 0 aliphatic heterocycles. The summed E-state index contributed by atoms with van der Waals surface area (Å²) in [4.78, 5) is 0. The van der Waals surface area contributed by atoms with Crippen molar-refractivity contribution in [2.24, 2.45) is 0 Å². The Kier molecular flexibility index (Phi) is 6.50. The summed E-state index contributed by atoms with van der Waals surface area (Å²) >= 11 is 0. The molecule has 0 atom stereocenters. The van der Waals surface area contributed by atoms with Crippen LogP contribution in [-0.4, -0.2) is 14.6 Å². The van der Waals surface area contributed by atoms with Gasteiger partial charge >= 0.3 is 0 Å². The van der Waals surface area contributed by atoms with E-state index in [-0.39, 0.29) is 26.2 Å². The molecule has 0 aliphatic carbocycles. The van der Waals surface area contributed by atoms with Gasteiger partial charge in [0.05, 0.1) is 0 Å². The monoisotopic (exact) mass is 274 g/mol. The second-order valence-electron chi connectivity index (χ2n) is 5.46. The molecule has 2 aromatic rings. The van der Waals surface area contributed by atoms with Crippen LogP contribution in [0, 0.1) is 25.5 Å². The fraction of sp³-hybridized carbons (Fsp3) is 0.250. The molecule has 0 aliphatic rings. The predicted molar refractivity (Wildman–Crippen MR) is 90.4 cm³/mol. The van der Waals surface area contributed by atoms with Gasteiger partial charge in [-0.15, -0.1) is 0 Å². The first-order valence-electron chi connectivity index (χ1n) is 7.85. The Bertz CT molecular complexity index is 517. The number of benzene rings is 2. The summed E-state index contributed by atoms with van der Waals surface area (Å²) < 4.78 is 25.1. The molecule has 2 rings (SSSR count). The molecule has 0 amide bonds. The van der Waals surface area contributed by atoms with E-state index in [1.54, 1.807) is 12.1 Å². The highest BCUT2D eigenvalue weighted by molar-refractivity contribution is 6.52. The topological polar surface area (TPSA) is 0 Å². The first-order chi connectivity index (χ1) is 9.47. The largest absolute Gasteiger partial charge is 0.212 e. The second-order valence-corrected chi connectivity index (χ2v) is 5.46. The Labute approximate surface area is 121 Å². The summed E-state index contributed by atoms with van der Waals surface area (Å²) in [5, 5.41) is 0. The van der Waals surface area contributed by atoms with Crippen molar-refractivity contribution in [3.05, 3.63) is 59.2 Å². The van der Waals surface area contributed by atoms with Crippen molar-refractivity contribution >= 4 is 25.5 Å². The molecule has 0 N–H and O–H groups in total. The fourth-order valence-corrected chi connectivity index (χ4v) is 2.49. The third kappa shape index (κ3) is 4.84. The Hall–Kier alpha value is -1.57. The van der Waals surface area contributed by atoms with Gasteiger partial charge in [0, 0.05) is 0 Å². The molecule has 0 aromatic heterocycles. The zero-order valence-electron chi connectivity index (χ0n) is 13.2. The van der Waals surface area contributed by atoms with Crippen molar-refractivity contribution < 1.29 is 8.78 Å². The van der Waals surface area contributed by atoms with Crippen molar-refractivity contribution in [3.8, 4) is 0 Å². The van der Waals surface area contributed by atoms with Gasteiger partial charge in [-0.25, -0.2) is 19.7 Å². The van der Waals surface area contributed by atoms with Crippen LogP contribution < -0.4 is 10.9 Å². The van der Waals surface area contributed by atoms with E-state index in [9.17, 15) is 8.78 Å². The normalized spacial score (nSPS) is 9.90. The Balaban J connectivity index is 0.000000200. The zero-order chi connectivity index (χ0) is 15.1. The van der Waals surface area contributed by atoms with Gasteiger partial charge in [-0.05, 0) is 40.5 Å². The van der Waals surface area contributed by atoms with E-state index < -0.39 is 0 Å². The maximum atomic E-state index is 12.6. The average Bonchev–Trinajstić information content (AvgIpc) is 2.44. The van der Waals surface area contributed by atoms with Crippen LogP contribution >= 0.6 is 0 Å². The zero-order valence-corrected chi connectivity index (χ0v) is 13.2. The van der Waals surface area contributed by atoms with Gasteiger partial charge in [-0.3, -0.25) is 0 Å². The molecule has 20 heavy (non-hydrogen) atoms. The van der Waals surface area contributed by atoms with E-state index in [0.29, 0.717) is 0 Å². The maximum Gasteiger partial charge on any atom is 0.120 e. The average molecular weight is 274 g/mol. The van der Waals surface area contributed by atoms with Crippen molar-refractivity contribution in [1.29, 1.82) is 0 Å². The highest BCUT2D eigenvalue weighted by atomic mass is 19.1. The Morgan fingerprint density at radius 3 is 1.30 bits per heavy atom. The molecule has 0 heterocycles. The van der Waals surface area contributed by atoms with E-state index in [1.807, 2.05) is 26.0 Å². The summed E-state index contributed by atoms with van der Waals surface area (Å²) in [5.41, 5.74) is 4.90. The third-order valence-electron chi connectivity index (χ3n) is 4.02. The standard InChI is InChI=1S/2C8H11BF/c2*1-6-3-4-7(10)5-8(6)9-2/h2*3-5H,9H2,1-2H3/q2*-1. The lowest BCUT2D eigenvalue weighted by atomic mass is 9.71. The van der Waals surface area contributed by atoms with Gasteiger partial charge in [-0.2, -0.15) is 13.6 Å². The third-order valence-corrected chi connectivity index (χ3v) is 4.02. The highest BCUT2D eigenvalue weighted by Gasteiger charge is 1.91. The minimum atomic E-state index is -0.105.